The topological polar surface area (TPSA) is 117 Å². The quantitative estimate of drug-likeness (QED) is 0.668. The SMILES string of the molecule is CC1CCc2c(sc(NC(=O)COC(=O)c3ccc4c(c3)CCN4S(C)(=O)=O)c2C#N)C1. The Bertz CT molecular complexity index is 1240. The van der Waals surface area contributed by atoms with Gasteiger partial charge in [0.05, 0.1) is 23.1 Å². The molecular formula is C22H23N3O5S2. The highest BCUT2D eigenvalue weighted by Crippen LogP contribution is 2.39. The van der Waals surface area contributed by atoms with E-state index in [0.717, 1.165) is 41.5 Å². The third-order valence-corrected chi connectivity index (χ3v) is 8.13. The van der Waals surface area contributed by atoms with Crippen molar-refractivity contribution >= 4 is 43.9 Å². The number of anilines is 2. The Hall–Kier alpha value is -2.90. The third kappa shape index (κ3) is 4.36. The standard InChI is InChI=1S/C22H23N3O5S2/c1-13-3-5-16-17(11-23)21(31-19(16)9-13)24-20(26)12-30-22(27)15-4-6-18-14(10-15)7-8-25(18)32(2,28)29/h4,6,10,13H,3,5,7-9,12H2,1-2H3,(H,24,26). The van der Waals surface area contributed by atoms with E-state index in [-0.39, 0.29) is 5.56 Å². The van der Waals surface area contributed by atoms with Crippen LogP contribution in [0.3, 0.4) is 0 Å². The van der Waals surface area contributed by atoms with Crippen molar-refractivity contribution in [2.24, 2.45) is 5.92 Å². The van der Waals surface area contributed by atoms with Gasteiger partial charge in [-0.25, -0.2) is 13.2 Å². The highest BCUT2D eigenvalue weighted by atomic mass is 32.2. The molecule has 2 aliphatic rings. The first-order valence-electron chi connectivity index (χ1n) is 10.3. The molecule has 2 aromatic rings. The van der Waals surface area contributed by atoms with E-state index >= 15 is 0 Å². The van der Waals surface area contributed by atoms with Crippen LogP contribution in [0, 0.1) is 17.2 Å². The van der Waals surface area contributed by atoms with Crippen LogP contribution in [0.1, 0.15) is 45.3 Å². The van der Waals surface area contributed by atoms with Gasteiger partial charge in [-0.05, 0) is 60.9 Å². The second kappa shape index (κ2) is 8.56. The van der Waals surface area contributed by atoms with E-state index in [1.165, 1.54) is 21.7 Å². The number of fused-ring (bicyclic) bond motifs is 2. The number of nitrogens with zero attached hydrogens (tertiary/aromatic N) is 2. The van der Waals surface area contributed by atoms with Crippen molar-refractivity contribution in [1.82, 2.24) is 0 Å². The molecule has 1 aromatic heterocycles. The number of rotatable bonds is 5. The lowest BCUT2D eigenvalue weighted by Gasteiger charge is -2.17. The summed E-state index contributed by atoms with van der Waals surface area (Å²) < 4.78 is 30.1. The first kappa shape index (κ1) is 22.3. The Morgan fingerprint density at radius 2 is 2.12 bits per heavy atom. The third-order valence-electron chi connectivity index (χ3n) is 5.78. The van der Waals surface area contributed by atoms with Crippen molar-refractivity contribution in [2.45, 2.75) is 32.6 Å². The molecule has 8 nitrogen and oxygen atoms in total. The molecule has 0 spiro atoms. The average molecular weight is 474 g/mol. The van der Waals surface area contributed by atoms with Crippen LogP contribution >= 0.6 is 11.3 Å². The number of amides is 1. The van der Waals surface area contributed by atoms with Crippen LogP contribution < -0.4 is 9.62 Å². The number of benzene rings is 1. The molecule has 1 aliphatic heterocycles. The zero-order chi connectivity index (χ0) is 23.0. The zero-order valence-electron chi connectivity index (χ0n) is 17.8. The highest BCUT2D eigenvalue weighted by molar-refractivity contribution is 7.92. The van der Waals surface area contributed by atoms with Crippen molar-refractivity contribution in [3.63, 3.8) is 0 Å². The van der Waals surface area contributed by atoms with Crippen LogP contribution in [0.5, 0.6) is 0 Å². The van der Waals surface area contributed by atoms with E-state index in [2.05, 4.69) is 18.3 Å². The summed E-state index contributed by atoms with van der Waals surface area (Å²) in [5.41, 5.74) is 3.08. The summed E-state index contributed by atoms with van der Waals surface area (Å²) in [6, 6.07) is 6.86. The van der Waals surface area contributed by atoms with Gasteiger partial charge in [-0.2, -0.15) is 5.26 Å². The Balaban J connectivity index is 1.39. The van der Waals surface area contributed by atoms with E-state index in [0.29, 0.717) is 35.1 Å². The summed E-state index contributed by atoms with van der Waals surface area (Å²) in [5, 5.41) is 12.8. The van der Waals surface area contributed by atoms with Gasteiger partial charge in [-0.1, -0.05) is 6.92 Å². The van der Waals surface area contributed by atoms with Crippen LogP contribution in [0.4, 0.5) is 10.7 Å². The van der Waals surface area contributed by atoms with Gasteiger partial charge >= 0.3 is 5.97 Å². The number of carbonyl (C=O) groups excluding carboxylic acids is 2. The van der Waals surface area contributed by atoms with Crippen LogP contribution in [0.25, 0.3) is 0 Å². The van der Waals surface area contributed by atoms with Crippen molar-refractivity contribution in [3.05, 3.63) is 45.3 Å². The van der Waals surface area contributed by atoms with E-state index < -0.39 is 28.5 Å². The maximum absolute atomic E-state index is 12.4. The fraction of sp³-hybridized carbons (Fsp3) is 0.409. The van der Waals surface area contributed by atoms with E-state index in [1.807, 2.05) is 0 Å². The summed E-state index contributed by atoms with van der Waals surface area (Å²) >= 11 is 1.42. The molecule has 1 aromatic carbocycles. The van der Waals surface area contributed by atoms with Gasteiger partial charge in [-0.3, -0.25) is 9.10 Å². The molecule has 0 radical (unpaired) electrons. The monoisotopic (exact) mass is 473 g/mol. The van der Waals surface area contributed by atoms with Crippen molar-refractivity contribution in [3.8, 4) is 6.07 Å². The summed E-state index contributed by atoms with van der Waals surface area (Å²) in [6.07, 6.45) is 4.39. The molecule has 10 heteroatoms. The average Bonchev–Trinajstić information content (AvgIpc) is 3.31. The maximum Gasteiger partial charge on any atom is 0.338 e. The summed E-state index contributed by atoms with van der Waals surface area (Å²) in [5.74, 6) is -0.625. The minimum absolute atomic E-state index is 0.255. The zero-order valence-corrected chi connectivity index (χ0v) is 19.4. The summed E-state index contributed by atoms with van der Waals surface area (Å²) in [6.45, 7) is 2.03. The Kier molecular flexibility index (Phi) is 5.97. The number of nitrogens with one attached hydrogen (secondary N) is 1. The van der Waals surface area contributed by atoms with Gasteiger partial charge in [0.15, 0.2) is 6.61 Å². The molecule has 1 atom stereocenters. The lowest BCUT2D eigenvalue weighted by Crippen LogP contribution is -2.27. The van der Waals surface area contributed by atoms with Crippen LogP contribution in [0.15, 0.2) is 18.2 Å². The molecular weight excluding hydrogens is 450 g/mol. The number of carbonyl (C=O) groups is 2. The lowest BCUT2D eigenvalue weighted by molar-refractivity contribution is -0.119. The number of ether oxygens (including phenoxy) is 1. The first-order valence-corrected chi connectivity index (χ1v) is 13.0. The molecule has 0 saturated carbocycles. The van der Waals surface area contributed by atoms with Crippen molar-refractivity contribution in [1.29, 1.82) is 5.26 Å². The molecule has 32 heavy (non-hydrogen) atoms. The van der Waals surface area contributed by atoms with Gasteiger partial charge in [0.25, 0.3) is 5.91 Å². The largest absolute Gasteiger partial charge is 0.452 e. The van der Waals surface area contributed by atoms with E-state index in [1.54, 1.807) is 12.1 Å². The van der Waals surface area contributed by atoms with E-state index in [4.69, 9.17) is 4.74 Å². The minimum atomic E-state index is -3.37. The van der Waals surface area contributed by atoms with Crippen molar-refractivity contribution < 1.29 is 22.7 Å². The van der Waals surface area contributed by atoms with Gasteiger partial charge in [-0.15, -0.1) is 11.3 Å². The molecule has 1 amide bonds. The molecule has 1 unspecified atom stereocenters. The van der Waals surface area contributed by atoms with Crippen LogP contribution in [-0.4, -0.2) is 39.7 Å². The molecule has 0 saturated heterocycles. The Labute approximate surface area is 190 Å². The highest BCUT2D eigenvalue weighted by Gasteiger charge is 2.27. The molecule has 1 N–H and O–H groups in total. The number of esters is 1. The van der Waals surface area contributed by atoms with Crippen LogP contribution in [-0.2, 0) is 38.8 Å². The smallest absolute Gasteiger partial charge is 0.338 e. The Morgan fingerprint density at radius 3 is 2.84 bits per heavy atom. The number of hydrogen-bond acceptors (Lipinski definition) is 7. The molecule has 0 bridgehead atoms. The fourth-order valence-corrected chi connectivity index (χ4v) is 6.51. The predicted molar refractivity (Wildman–Crippen MR) is 121 cm³/mol. The molecule has 1 aliphatic carbocycles. The van der Waals surface area contributed by atoms with Gasteiger partial charge in [0, 0.05) is 11.4 Å². The van der Waals surface area contributed by atoms with Gasteiger partial charge < -0.3 is 10.1 Å². The van der Waals surface area contributed by atoms with Gasteiger partial charge in [0.1, 0.15) is 11.1 Å². The maximum atomic E-state index is 12.4. The number of hydrogen-bond donors (Lipinski definition) is 1. The molecule has 2 heterocycles. The summed E-state index contributed by atoms with van der Waals surface area (Å²) in [4.78, 5) is 25.9. The first-order chi connectivity index (χ1) is 15.2. The lowest BCUT2D eigenvalue weighted by atomic mass is 9.89. The normalized spacial score (nSPS) is 17.3. The second-order valence-corrected chi connectivity index (χ2v) is 11.2. The number of nitriles is 1. The molecule has 0 fully saturated rings. The second-order valence-electron chi connectivity index (χ2n) is 8.22. The molecule has 168 valence electrons. The van der Waals surface area contributed by atoms with Crippen LogP contribution in [0.2, 0.25) is 0 Å². The molecule has 4 rings (SSSR count). The van der Waals surface area contributed by atoms with E-state index in [9.17, 15) is 23.3 Å². The number of thiophene rings is 1. The Morgan fingerprint density at radius 1 is 1.34 bits per heavy atom. The minimum Gasteiger partial charge on any atom is -0.452 e. The fourth-order valence-electron chi connectivity index (χ4n) is 4.18. The summed E-state index contributed by atoms with van der Waals surface area (Å²) in [7, 11) is -3.37. The van der Waals surface area contributed by atoms with Crippen molar-refractivity contribution in [2.75, 3.05) is 29.0 Å². The predicted octanol–water partition coefficient (Wildman–Crippen LogP) is 2.86. The van der Waals surface area contributed by atoms with Gasteiger partial charge in [0.2, 0.25) is 10.0 Å². The number of sulfonamides is 1.